The second-order valence-corrected chi connectivity index (χ2v) is 5.27. The van der Waals surface area contributed by atoms with Crippen molar-refractivity contribution >= 4 is 29.2 Å². The van der Waals surface area contributed by atoms with Crippen LogP contribution in [-0.2, 0) is 9.59 Å². The molecule has 0 unspecified atom stereocenters. The molecule has 0 bridgehead atoms. The minimum Gasteiger partial charge on any atom is -0.495 e. The van der Waals surface area contributed by atoms with Crippen molar-refractivity contribution < 1.29 is 19.4 Å². The van der Waals surface area contributed by atoms with Crippen LogP contribution in [0.25, 0.3) is 0 Å². The number of anilines is 1. The number of nitrogens with one attached hydrogen (secondary N) is 1. The van der Waals surface area contributed by atoms with Gasteiger partial charge in [-0.2, -0.15) is 0 Å². The second-order valence-electron chi connectivity index (χ2n) is 4.86. The molecule has 114 valence electrons. The smallest absolute Gasteiger partial charge is 0.320 e. The highest BCUT2D eigenvalue weighted by atomic mass is 35.5. The van der Waals surface area contributed by atoms with Crippen LogP contribution in [-0.4, -0.2) is 48.1 Å². The number of benzene rings is 1. The number of carboxylic acids is 1. The number of carboxylic acid groups (broad SMARTS) is 1. The van der Waals surface area contributed by atoms with Gasteiger partial charge in [0.25, 0.3) is 0 Å². The van der Waals surface area contributed by atoms with Gasteiger partial charge in [0.1, 0.15) is 11.8 Å². The minimum absolute atomic E-state index is 0.0562. The Labute approximate surface area is 127 Å². The zero-order valence-corrected chi connectivity index (χ0v) is 12.4. The number of nitrogens with zero attached hydrogens (tertiary/aromatic N) is 1. The highest BCUT2D eigenvalue weighted by Crippen LogP contribution is 2.27. The lowest BCUT2D eigenvalue weighted by atomic mass is 10.2. The van der Waals surface area contributed by atoms with Crippen molar-refractivity contribution in [2.75, 3.05) is 25.5 Å². The van der Waals surface area contributed by atoms with Crippen LogP contribution in [0.5, 0.6) is 5.75 Å². The van der Waals surface area contributed by atoms with Crippen LogP contribution in [0, 0.1) is 0 Å². The molecule has 0 aliphatic carbocycles. The third-order valence-corrected chi connectivity index (χ3v) is 3.73. The van der Waals surface area contributed by atoms with Crippen LogP contribution in [0.15, 0.2) is 18.2 Å². The average molecular weight is 313 g/mol. The largest absolute Gasteiger partial charge is 0.495 e. The van der Waals surface area contributed by atoms with Gasteiger partial charge in [-0.15, -0.1) is 0 Å². The third-order valence-electron chi connectivity index (χ3n) is 3.43. The zero-order chi connectivity index (χ0) is 15.4. The first kappa shape index (κ1) is 15.6. The predicted molar refractivity (Wildman–Crippen MR) is 78.9 cm³/mol. The maximum Gasteiger partial charge on any atom is 0.320 e. The van der Waals surface area contributed by atoms with Crippen LogP contribution >= 0.6 is 11.6 Å². The van der Waals surface area contributed by atoms with E-state index < -0.39 is 12.0 Å². The Morgan fingerprint density at radius 3 is 2.90 bits per heavy atom. The molecule has 0 radical (unpaired) electrons. The van der Waals surface area contributed by atoms with Gasteiger partial charge in [-0.3, -0.25) is 14.5 Å². The van der Waals surface area contributed by atoms with Crippen LogP contribution in [0.2, 0.25) is 5.02 Å². The van der Waals surface area contributed by atoms with E-state index in [0.717, 1.165) is 6.42 Å². The molecule has 2 rings (SSSR count). The lowest BCUT2D eigenvalue weighted by Gasteiger charge is -2.20. The number of carbonyl (C=O) groups is 2. The van der Waals surface area contributed by atoms with Crippen LogP contribution < -0.4 is 10.1 Å². The number of ether oxygens (including phenoxy) is 1. The number of hydrogen-bond acceptors (Lipinski definition) is 4. The summed E-state index contributed by atoms with van der Waals surface area (Å²) in [6, 6.07) is 4.36. The topological polar surface area (TPSA) is 78.9 Å². The van der Waals surface area contributed by atoms with Crippen molar-refractivity contribution in [2.24, 2.45) is 0 Å². The second kappa shape index (κ2) is 6.78. The summed E-state index contributed by atoms with van der Waals surface area (Å²) in [7, 11) is 1.51. The quantitative estimate of drug-likeness (QED) is 0.867. The van der Waals surface area contributed by atoms with E-state index in [0.29, 0.717) is 29.4 Å². The van der Waals surface area contributed by atoms with Gasteiger partial charge >= 0.3 is 5.97 Å². The van der Waals surface area contributed by atoms with Crippen LogP contribution in [0.4, 0.5) is 5.69 Å². The molecule has 1 saturated heterocycles. The highest BCUT2D eigenvalue weighted by Gasteiger charge is 2.31. The van der Waals surface area contributed by atoms with Gasteiger partial charge in [0, 0.05) is 5.69 Å². The van der Waals surface area contributed by atoms with Crippen molar-refractivity contribution in [3.05, 3.63) is 23.2 Å². The molecule has 1 heterocycles. The molecule has 1 atom stereocenters. The summed E-state index contributed by atoms with van der Waals surface area (Å²) in [6.45, 7) is 0.675. The standard InChI is InChI=1S/C14H17ClN2O4/c1-21-12-5-4-9(7-10(12)15)16-13(18)8-17-6-2-3-11(17)14(19)20/h4-5,7,11H,2-3,6,8H2,1H3,(H,16,18)(H,19,20)/t11-/m1/s1. The summed E-state index contributed by atoms with van der Waals surface area (Å²) < 4.78 is 5.03. The van der Waals surface area contributed by atoms with Crippen molar-refractivity contribution in [3.8, 4) is 5.75 Å². The SMILES string of the molecule is COc1ccc(NC(=O)CN2CCC[C@@H]2C(=O)O)cc1Cl. The molecule has 1 fully saturated rings. The molecule has 1 amide bonds. The Morgan fingerprint density at radius 1 is 1.52 bits per heavy atom. The van der Waals surface area contributed by atoms with E-state index in [4.69, 9.17) is 21.4 Å². The number of amides is 1. The van der Waals surface area contributed by atoms with E-state index >= 15 is 0 Å². The molecular weight excluding hydrogens is 296 g/mol. The van der Waals surface area contributed by atoms with Gasteiger partial charge < -0.3 is 15.2 Å². The molecule has 0 spiro atoms. The highest BCUT2D eigenvalue weighted by molar-refractivity contribution is 6.32. The Balaban J connectivity index is 1.95. The molecule has 7 heteroatoms. The first-order valence-electron chi connectivity index (χ1n) is 6.61. The molecule has 2 N–H and O–H groups in total. The lowest BCUT2D eigenvalue weighted by molar-refractivity contribution is -0.142. The van der Waals surface area contributed by atoms with Gasteiger partial charge in [0.2, 0.25) is 5.91 Å². The molecule has 1 aromatic rings. The fourth-order valence-electron chi connectivity index (χ4n) is 2.42. The monoisotopic (exact) mass is 312 g/mol. The van der Waals surface area contributed by atoms with E-state index in [2.05, 4.69) is 5.32 Å². The van der Waals surface area contributed by atoms with Crippen LogP contribution in [0.3, 0.4) is 0 Å². The number of aliphatic carboxylic acids is 1. The summed E-state index contributed by atoms with van der Waals surface area (Å²) in [5, 5.41) is 12.2. The summed E-state index contributed by atoms with van der Waals surface area (Å²) in [5.74, 6) is -0.614. The number of halogens is 1. The molecule has 0 aromatic heterocycles. The maximum absolute atomic E-state index is 12.0. The fourth-order valence-corrected chi connectivity index (χ4v) is 2.68. The molecular formula is C14H17ClN2O4. The van der Waals surface area contributed by atoms with Gasteiger partial charge in [-0.25, -0.2) is 0 Å². The van der Waals surface area contributed by atoms with Gasteiger partial charge in [0.05, 0.1) is 18.7 Å². The van der Waals surface area contributed by atoms with E-state index in [1.165, 1.54) is 7.11 Å². The first-order valence-corrected chi connectivity index (χ1v) is 6.99. The van der Waals surface area contributed by atoms with E-state index in [-0.39, 0.29) is 12.5 Å². The van der Waals surface area contributed by atoms with E-state index in [1.807, 2.05) is 0 Å². The predicted octanol–water partition coefficient (Wildman–Crippen LogP) is 1.84. The van der Waals surface area contributed by atoms with Gasteiger partial charge in [0.15, 0.2) is 0 Å². The minimum atomic E-state index is -0.882. The van der Waals surface area contributed by atoms with Gasteiger partial charge in [-0.05, 0) is 37.6 Å². The third kappa shape index (κ3) is 3.86. The zero-order valence-electron chi connectivity index (χ0n) is 11.6. The number of carbonyl (C=O) groups excluding carboxylic acids is 1. The normalized spacial score (nSPS) is 18.5. The maximum atomic E-state index is 12.0. The van der Waals surface area contributed by atoms with Crippen molar-refractivity contribution in [1.29, 1.82) is 0 Å². The molecule has 1 aliphatic rings. The first-order chi connectivity index (χ1) is 10.0. The van der Waals surface area contributed by atoms with Crippen molar-refractivity contribution in [1.82, 2.24) is 4.90 Å². The van der Waals surface area contributed by atoms with Gasteiger partial charge in [-0.1, -0.05) is 11.6 Å². The number of hydrogen-bond donors (Lipinski definition) is 2. The van der Waals surface area contributed by atoms with E-state index in [1.54, 1.807) is 23.1 Å². The fraction of sp³-hybridized carbons (Fsp3) is 0.429. The summed E-state index contributed by atoms with van der Waals surface area (Å²) in [4.78, 5) is 24.7. The summed E-state index contributed by atoms with van der Waals surface area (Å²) in [6.07, 6.45) is 1.37. The summed E-state index contributed by atoms with van der Waals surface area (Å²) >= 11 is 5.98. The number of methoxy groups -OCH3 is 1. The molecule has 21 heavy (non-hydrogen) atoms. The lowest BCUT2D eigenvalue weighted by Crippen LogP contribution is -2.40. The Bertz CT molecular complexity index is 550. The average Bonchev–Trinajstić information content (AvgIpc) is 2.87. The number of likely N-dealkylation sites (tertiary alicyclic amines) is 1. The Morgan fingerprint density at radius 2 is 2.29 bits per heavy atom. The Kier molecular flexibility index (Phi) is 5.03. The summed E-state index contributed by atoms with van der Waals surface area (Å²) in [5.41, 5.74) is 0.553. The molecule has 6 nitrogen and oxygen atoms in total. The molecule has 0 saturated carbocycles. The molecule has 1 aromatic carbocycles. The van der Waals surface area contributed by atoms with Crippen molar-refractivity contribution in [3.63, 3.8) is 0 Å². The van der Waals surface area contributed by atoms with E-state index in [9.17, 15) is 9.59 Å². The molecule has 1 aliphatic heterocycles. The number of rotatable bonds is 5. The van der Waals surface area contributed by atoms with Crippen LogP contribution in [0.1, 0.15) is 12.8 Å². The van der Waals surface area contributed by atoms with Crippen molar-refractivity contribution in [2.45, 2.75) is 18.9 Å². The Hall–Kier alpha value is -1.79.